The molecular formula is C26H36N4O3S. The number of amides is 1. The van der Waals surface area contributed by atoms with Gasteiger partial charge in [-0.3, -0.25) is 9.69 Å². The van der Waals surface area contributed by atoms with Crippen LogP contribution < -0.4 is 10.2 Å². The number of anilines is 2. The third-order valence-electron chi connectivity index (χ3n) is 6.98. The molecule has 184 valence electrons. The Morgan fingerprint density at radius 2 is 1.68 bits per heavy atom. The van der Waals surface area contributed by atoms with Crippen molar-refractivity contribution in [2.75, 3.05) is 43.9 Å². The van der Waals surface area contributed by atoms with Crippen LogP contribution >= 0.6 is 0 Å². The number of benzene rings is 2. The van der Waals surface area contributed by atoms with E-state index in [2.05, 4.69) is 34.2 Å². The van der Waals surface area contributed by atoms with Gasteiger partial charge >= 0.3 is 0 Å². The van der Waals surface area contributed by atoms with Crippen LogP contribution in [0.3, 0.4) is 0 Å². The largest absolute Gasteiger partial charge is 0.371 e. The number of piperidine rings is 1. The first-order valence-corrected chi connectivity index (χ1v) is 13.7. The number of likely N-dealkylation sites (tertiary alicyclic amines) is 1. The predicted molar refractivity (Wildman–Crippen MR) is 137 cm³/mol. The van der Waals surface area contributed by atoms with Gasteiger partial charge in [0, 0.05) is 51.1 Å². The topological polar surface area (TPSA) is 73.0 Å². The first-order chi connectivity index (χ1) is 16.3. The second-order valence-corrected chi connectivity index (χ2v) is 11.8. The summed E-state index contributed by atoms with van der Waals surface area (Å²) in [5.74, 6) is -0.296. The smallest absolute Gasteiger partial charge is 0.257 e. The molecule has 1 N–H and O–H groups in total. The molecule has 7 nitrogen and oxygen atoms in total. The molecule has 0 aliphatic carbocycles. The third kappa shape index (κ3) is 5.45. The minimum Gasteiger partial charge on any atom is -0.371 e. The van der Waals surface area contributed by atoms with Crippen LogP contribution in [0.25, 0.3) is 0 Å². The summed E-state index contributed by atoms with van der Waals surface area (Å²) in [6, 6.07) is 13.4. The normalized spacial score (nSPS) is 19.5. The first-order valence-electron chi connectivity index (χ1n) is 12.2. The zero-order valence-corrected chi connectivity index (χ0v) is 21.3. The van der Waals surface area contributed by atoms with Crippen LogP contribution in [0.5, 0.6) is 0 Å². The molecule has 0 bridgehead atoms. The van der Waals surface area contributed by atoms with Gasteiger partial charge in [-0.2, -0.15) is 0 Å². The monoisotopic (exact) mass is 484 g/mol. The van der Waals surface area contributed by atoms with Gasteiger partial charge in [-0.05, 0) is 75.0 Å². The van der Waals surface area contributed by atoms with E-state index in [-0.39, 0.29) is 10.8 Å². The average molecular weight is 485 g/mol. The highest BCUT2D eigenvalue weighted by atomic mass is 32.2. The molecule has 1 amide bonds. The molecular weight excluding hydrogens is 448 g/mol. The minimum absolute atomic E-state index is 0.122. The van der Waals surface area contributed by atoms with Crippen LogP contribution in [0.1, 0.15) is 54.9 Å². The molecule has 2 saturated heterocycles. The van der Waals surface area contributed by atoms with Crippen molar-refractivity contribution in [3.8, 4) is 0 Å². The van der Waals surface area contributed by atoms with Crippen molar-refractivity contribution in [2.24, 2.45) is 0 Å². The van der Waals surface area contributed by atoms with E-state index in [1.54, 1.807) is 12.1 Å². The fourth-order valence-corrected chi connectivity index (χ4v) is 5.75. The van der Waals surface area contributed by atoms with Gasteiger partial charge in [0.1, 0.15) is 0 Å². The number of rotatable bonds is 7. The van der Waals surface area contributed by atoms with Crippen molar-refractivity contribution >= 4 is 27.3 Å². The Hall–Kier alpha value is -2.42. The Morgan fingerprint density at radius 1 is 1.00 bits per heavy atom. The van der Waals surface area contributed by atoms with Gasteiger partial charge in [0.25, 0.3) is 5.91 Å². The van der Waals surface area contributed by atoms with Gasteiger partial charge in [0.05, 0.1) is 10.5 Å². The van der Waals surface area contributed by atoms with Gasteiger partial charge in [0.15, 0.2) is 0 Å². The Kier molecular flexibility index (Phi) is 7.60. The van der Waals surface area contributed by atoms with Gasteiger partial charge in [0.2, 0.25) is 10.0 Å². The summed E-state index contributed by atoms with van der Waals surface area (Å²) in [5, 5.41) is 2.98. The lowest BCUT2D eigenvalue weighted by Crippen LogP contribution is -2.36. The molecule has 1 atom stereocenters. The number of carbonyl (C=O) groups excluding carboxylic acids is 1. The van der Waals surface area contributed by atoms with Crippen LogP contribution in [0.2, 0.25) is 0 Å². The van der Waals surface area contributed by atoms with Gasteiger partial charge in [-0.15, -0.1) is 0 Å². The maximum absolute atomic E-state index is 13.3. The Balaban J connectivity index is 1.54. The van der Waals surface area contributed by atoms with Gasteiger partial charge < -0.3 is 10.2 Å². The van der Waals surface area contributed by atoms with Crippen LogP contribution in [0, 0.1) is 0 Å². The second kappa shape index (κ2) is 10.5. The van der Waals surface area contributed by atoms with Crippen molar-refractivity contribution in [3.63, 3.8) is 0 Å². The van der Waals surface area contributed by atoms with E-state index in [1.165, 1.54) is 49.3 Å². The molecule has 0 saturated carbocycles. The third-order valence-corrected chi connectivity index (χ3v) is 8.79. The minimum atomic E-state index is -3.64. The zero-order chi connectivity index (χ0) is 24.3. The molecule has 1 unspecified atom stereocenters. The molecule has 2 heterocycles. The van der Waals surface area contributed by atoms with E-state index in [4.69, 9.17) is 0 Å². The molecule has 2 fully saturated rings. The van der Waals surface area contributed by atoms with Crippen LogP contribution in [0.4, 0.5) is 11.4 Å². The van der Waals surface area contributed by atoms with E-state index in [9.17, 15) is 13.2 Å². The van der Waals surface area contributed by atoms with E-state index < -0.39 is 10.0 Å². The molecule has 0 aromatic heterocycles. The fourth-order valence-electron chi connectivity index (χ4n) is 4.82. The van der Waals surface area contributed by atoms with Crippen molar-refractivity contribution in [1.82, 2.24) is 9.21 Å². The summed E-state index contributed by atoms with van der Waals surface area (Å²) < 4.78 is 26.6. The maximum atomic E-state index is 13.3. The van der Waals surface area contributed by atoms with E-state index in [1.807, 2.05) is 12.1 Å². The number of sulfonamides is 1. The van der Waals surface area contributed by atoms with E-state index >= 15 is 0 Å². The molecule has 2 aromatic carbocycles. The lowest BCUT2D eigenvalue weighted by atomic mass is 10.0. The molecule has 2 aliphatic rings. The summed E-state index contributed by atoms with van der Waals surface area (Å²) in [5.41, 5.74) is 3.09. The Bertz CT molecular complexity index is 1110. The van der Waals surface area contributed by atoms with Crippen molar-refractivity contribution in [2.45, 2.75) is 56.5 Å². The van der Waals surface area contributed by atoms with Crippen LogP contribution in [-0.2, 0) is 16.6 Å². The van der Waals surface area contributed by atoms with E-state index in [0.29, 0.717) is 17.3 Å². The highest BCUT2D eigenvalue weighted by Gasteiger charge is 2.25. The van der Waals surface area contributed by atoms with Crippen LogP contribution in [0.15, 0.2) is 47.4 Å². The highest BCUT2D eigenvalue weighted by Crippen LogP contribution is 2.29. The molecule has 4 rings (SSSR count). The Labute approximate surface area is 203 Å². The summed E-state index contributed by atoms with van der Waals surface area (Å²) in [7, 11) is -0.649. The van der Waals surface area contributed by atoms with E-state index in [0.717, 1.165) is 44.7 Å². The number of nitrogens with one attached hydrogen (secondary N) is 1. The maximum Gasteiger partial charge on any atom is 0.257 e. The molecule has 0 spiro atoms. The molecule has 2 aromatic rings. The second-order valence-electron chi connectivity index (χ2n) is 9.63. The SMILES string of the molecule is CC1CCCCN1Cc1ccc(NC(=O)c2cc(S(=O)(=O)N(C)C)ccc2N2CCCC2)cc1. The number of hydrogen-bond acceptors (Lipinski definition) is 5. The molecule has 34 heavy (non-hydrogen) atoms. The van der Waals surface area contributed by atoms with Crippen molar-refractivity contribution < 1.29 is 13.2 Å². The number of carbonyl (C=O) groups is 1. The van der Waals surface area contributed by atoms with Gasteiger partial charge in [-0.1, -0.05) is 18.6 Å². The summed E-state index contributed by atoms with van der Waals surface area (Å²) in [4.78, 5) is 18.1. The standard InChI is InChI=1S/C26H36N4O3S/c1-20-8-4-5-17-30(20)19-21-9-11-22(12-10-21)27-26(31)24-18-23(34(32,33)28(2)3)13-14-25(24)29-15-6-7-16-29/h9-14,18,20H,4-8,15-17,19H2,1-3H3,(H,27,31). The fraction of sp³-hybridized carbons (Fsp3) is 0.500. The highest BCUT2D eigenvalue weighted by molar-refractivity contribution is 7.89. The zero-order valence-electron chi connectivity index (χ0n) is 20.5. The number of nitrogens with zero attached hydrogens (tertiary/aromatic N) is 3. The molecule has 2 aliphatic heterocycles. The van der Waals surface area contributed by atoms with Crippen molar-refractivity contribution in [1.29, 1.82) is 0 Å². The average Bonchev–Trinajstić information content (AvgIpc) is 3.36. The van der Waals surface area contributed by atoms with Crippen molar-refractivity contribution in [3.05, 3.63) is 53.6 Å². The molecule has 0 radical (unpaired) electrons. The lowest BCUT2D eigenvalue weighted by molar-refractivity contribution is 0.102. The summed E-state index contributed by atoms with van der Waals surface area (Å²) >= 11 is 0. The summed E-state index contributed by atoms with van der Waals surface area (Å²) in [6.07, 6.45) is 5.93. The quantitative estimate of drug-likeness (QED) is 0.639. The lowest BCUT2D eigenvalue weighted by Gasteiger charge is -2.33. The van der Waals surface area contributed by atoms with Crippen LogP contribution in [-0.4, -0.2) is 63.3 Å². The summed E-state index contributed by atoms with van der Waals surface area (Å²) in [6.45, 7) is 6.06. The Morgan fingerprint density at radius 3 is 2.32 bits per heavy atom. The predicted octanol–water partition coefficient (Wildman–Crippen LogP) is 4.16. The van der Waals surface area contributed by atoms with Gasteiger partial charge in [-0.25, -0.2) is 12.7 Å². The number of hydrogen-bond donors (Lipinski definition) is 1. The first kappa shape index (κ1) is 24.7. The molecule has 8 heteroatoms.